The monoisotopic (exact) mass is 488 g/mol. The van der Waals surface area contributed by atoms with E-state index in [2.05, 4.69) is 20.0 Å². The molecule has 2 aromatic carbocycles. The lowest BCUT2D eigenvalue weighted by atomic mass is 10.1. The lowest BCUT2D eigenvalue weighted by Crippen LogP contribution is -2.48. The van der Waals surface area contributed by atoms with Gasteiger partial charge in [-0.05, 0) is 38.1 Å². The van der Waals surface area contributed by atoms with Crippen molar-refractivity contribution in [3.8, 4) is 0 Å². The van der Waals surface area contributed by atoms with Gasteiger partial charge in [0.25, 0.3) is 5.91 Å². The number of hydrogen-bond acceptors (Lipinski definition) is 8. The average Bonchev–Trinajstić information content (AvgIpc) is 3.20. The van der Waals surface area contributed by atoms with Crippen LogP contribution in [0.25, 0.3) is 10.9 Å². The predicted octanol–water partition coefficient (Wildman–Crippen LogP) is 4.07. The number of piperazine rings is 1. The van der Waals surface area contributed by atoms with Crippen molar-refractivity contribution >= 4 is 34.4 Å². The van der Waals surface area contributed by atoms with E-state index in [0.717, 1.165) is 51.5 Å². The van der Waals surface area contributed by atoms with Gasteiger partial charge in [0.05, 0.1) is 23.3 Å². The van der Waals surface area contributed by atoms with Crippen molar-refractivity contribution in [3.05, 3.63) is 76.9 Å². The fourth-order valence-electron chi connectivity index (χ4n) is 4.33. The first-order valence-electron chi connectivity index (χ1n) is 11.7. The van der Waals surface area contributed by atoms with E-state index in [0.29, 0.717) is 37.0 Å². The minimum atomic E-state index is 0.0673. The third-order valence-corrected chi connectivity index (χ3v) is 7.47. The number of nitrogen functional groups attached to an aromatic ring is 1. The first kappa shape index (κ1) is 23.3. The van der Waals surface area contributed by atoms with Gasteiger partial charge in [0.1, 0.15) is 17.4 Å². The minimum Gasteiger partial charge on any atom is -0.383 e. The summed E-state index contributed by atoms with van der Waals surface area (Å²) < 4.78 is 5.28. The summed E-state index contributed by atoms with van der Waals surface area (Å²) in [7, 11) is 0. The van der Waals surface area contributed by atoms with Crippen LogP contribution in [0.2, 0.25) is 0 Å². The molecule has 1 saturated heterocycles. The second kappa shape index (κ2) is 10.1. The molecule has 0 saturated carbocycles. The van der Waals surface area contributed by atoms with E-state index in [1.165, 1.54) is 0 Å². The number of carbonyl (C=O) groups is 1. The van der Waals surface area contributed by atoms with E-state index in [1.807, 2.05) is 67.3 Å². The lowest BCUT2D eigenvalue weighted by molar-refractivity contribution is 0.0622. The fraction of sp³-hybridized carbons (Fsp3) is 0.308. The standard InChI is InChI=1S/C26H28N6O2S/c1-17-21(18(2)34-30-17)16-35-23-10-6-4-8-20(23)26(33)32-13-11-31(12-14-32)15-24-28-22-9-5-3-7-19(22)25(27)29-24/h3-10H,11-16H2,1-2H3,(H2,27,28,29). The fourth-order valence-corrected chi connectivity index (χ4v) is 5.53. The molecule has 1 aliphatic heterocycles. The van der Waals surface area contributed by atoms with Crippen LogP contribution in [-0.4, -0.2) is 57.0 Å². The molecular formula is C26H28N6O2S. The molecule has 0 bridgehead atoms. The molecule has 5 rings (SSSR count). The Morgan fingerprint density at radius 3 is 2.54 bits per heavy atom. The van der Waals surface area contributed by atoms with E-state index in [1.54, 1.807) is 11.8 Å². The summed E-state index contributed by atoms with van der Waals surface area (Å²) in [6.45, 7) is 7.31. The van der Waals surface area contributed by atoms with Gasteiger partial charge in [0.2, 0.25) is 0 Å². The zero-order chi connectivity index (χ0) is 24.4. The van der Waals surface area contributed by atoms with Crippen LogP contribution in [0.5, 0.6) is 0 Å². The minimum absolute atomic E-state index is 0.0673. The molecule has 0 aliphatic carbocycles. The van der Waals surface area contributed by atoms with Crippen molar-refractivity contribution in [1.82, 2.24) is 24.9 Å². The van der Waals surface area contributed by atoms with Gasteiger partial charge in [-0.1, -0.05) is 29.4 Å². The molecule has 0 spiro atoms. The SMILES string of the molecule is Cc1noc(C)c1CSc1ccccc1C(=O)N1CCN(Cc2nc(N)c3ccccc3n2)CC1. The molecule has 35 heavy (non-hydrogen) atoms. The Hall–Kier alpha value is -3.43. The summed E-state index contributed by atoms with van der Waals surface area (Å²) in [4.78, 5) is 27.7. The number of carbonyl (C=O) groups excluding carboxylic acids is 1. The number of thioether (sulfide) groups is 1. The summed E-state index contributed by atoms with van der Waals surface area (Å²) in [6, 6.07) is 15.6. The molecule has 2 N–H and O–H groups in total. The number of nitrogens with zero attached hydrogens (tertiary/aromatic N) is 5. The Morgan fingerprint density at radius 2 is 1.77 bits per heavy atom. The van der Waals surface area contributed by atoms with Gasteiger partial charge in [-0.25, -0.2) is 9.97 Å². The van der Waals surface area contributed by atoms with E-state index < -0.39 is 0 Å². The average molecular weight is 489 g/mol. The third kappa shape index (κ3) is 5.01. The van der Waals surface area contributed by atoms with Crippen LogP contribution in [0.4, 0.5) is 5.82 Å². The number of para-hydroxylation sites is 1. The van der Waals surface area contributed by atoms with Gasteiger partial charge >= 0.3 is 0 Å². The summed E-state index contributed by atoms with van der Waals surface area (Å²) in [6.07, 6.45) is 0. The molecule has 0 radical (unpaired) electrons. The van der Waals surface area contributed by atoms with Crippen LogP contribution in [0.3, 0.4) is 0 Å². The van der Waals surface area contributed by atoms with Crippen LogP contribution >= 0.6 is 11.8 Å². The second-order valence-electron chi connectivity index (χ2n) is 8.70. The highest BCUT2D eigenvalue weighted by atomic mass is 32.2. The van der Waals surface area contributed by atoms with Gasteiger partial charge in [-0.3, -0.25) is 9.69 Å². The van der Waals surface area contributed by atoms with Gasteiger partial charge in [0, 0.05) is 47.8 Å². The largest absolute Gasteiger partial charge is 0.383 e. The number of anilines is 1. The van der Waals surface area contributed by atoms with Crippen molar-refractivity contribution in [2.24, 2.45) is 0 Å². The molecule has 9 heteroatoms. The van der Waals surface area contributed by atoms with Crippen LogP contribution < -0.4 is 5.73 Å². The van der Waals surface area contributed by atoms with E-state index in [4.69, 9.17) is 10.3 Å². The van der Waals surface area contributed by atoms with Gasteiger partial charge in [-0.15, -0.1) is 11.8 Å². The van der Waals surface area contributed by atoms with Crippen LogP contribution in [-0.2, 0) is 12.3 Å². The number of nitrogens with two attached hydrogens (primary N) is 1. The van der Waals surface area contributed by atoms with Crippen LogP contribution in [0.1, 0.15) is 33.2 Å². The first-order chi connectivity index (χ1) is 17.0. The van der Waals surface area contributed by atoms with Gasteiger partial charge in [0.15, 0.2) is 0 Å². The number of amides is 1. The van der Waals surface area contributed by atoms with Crippen molar-refractivity contribution < 1.29 is 9.32 Å². The molecule has 1 amide bonds. The van der Waals surface area contributed by atoms with Crippen molar-refractivity contribution in [1.29, 1.82) is 0 Å². The molecule has 3 heterocycles. The molecule has 0 atom stereocenters. The van der Waals surface area contributed by atoms with Crippen LogP contribution in [0, 0.1) is 13.8 Å². The number of benzene rings is 2. The topological polar surface area (TPSA) is 101 Å². The van der Waals surface area contributed by atoms with E-state index >= 15 is 0 Å². The zero-order valence-corrected chi connectivity index (χ0v) is 20.7. The third-order valence-electron chi connectivity index (χ3n) is 6.37. The molecule has 4 aromatic rings. The molecule has 180 valence electrons. The predicted molar refractivity (Wildman–Crippen MR) is 137 cm³/mol. The molecule has 1 fully saturated rings. The summed E-state index contributed by atoms with van der Waals surface area (Å²) in [5.74, 6) is 2.82. The number of fused-ring (bicyclic) bond motifs is 1. The highest BCUT2D eigenvalue weighted by Gasteiger charge is 2.25. The number of aryl methyl sites for hydroxylation is 2. The molecular weight excluding hydrogens is 460 g/mol. The molecule has 1 aliphatic rings. The Balaban J connectivity index is 1.22. The maximum absolute atomic E-state index is 13.4. The van der Waals surface area contributed by atoms with Gasteiger partial charge < -0.3 is 15.2 Å². The second-order valence-corrected chi connectivity index (χ2v) is 9.72. The lowest BCUT2D eigenvalue weighted by Gasteiger charge is -2.34. The normalized spacial score (nSPS) is 14.5. The molecule has 2 aromatic heterocycles. The Morgan fingerprint density at radius 1 is 1.03 bits per heavy atom. The summed E-state index contributed by atoms with van der Waals surface area (Å²) >= 11 is 1.64. The first-order valence-corrected chi connectivity index (χ1v) is 12.6. The van der Waals surface area contributed by atoms with Crippen LogP contribution in [0.15, 0.2) is 57.9 Å². The number of aromatic nitrogens is 3. The molecule has 0 unspecified atom stereocenters. The van der Waals surface area contributed by atoms with Crippen molar-refractivity contribution in [2.75, 3.05) is 31.9 Å². The van der Waals surface area contributed by atoms with E-state index in [-0.39, 0.29) is 5.91 Å². The Kier molecular flexibility index (Phi) is 6.70. The Labute approximate surface area is 208 Å². The summed E-state index contributed by atoms with van der Waals surface area (Å²) in [5.41, 5.74) is 9.72. The van der Waals surface area contributed by atoms with E-state index in [9.17, 15) is 4.79 Å². The highest BCUT2D eigenvalue weighted by Crippen LogP contribution is 2.29. The van der Waals surface area contributed by atoms with Crippen molar-refractivity contribution in [2.45, 2.75) is 31.0 Å². The smallest absolute Gasteiger partial charge is 0.255 e. The zero-order valence-electron chi connectivity index (χ0n) is 19.9. The van der Waals surface area contributed by atoms with Gasteiger partial charge in [-0.2, -0.15) is 0 Å². The molecule has 8 nitrogen and oxygen atoms in total. The Bertz CT molecular complexity index is 1340. The van der Waals surface area contributed by atoms with Crippen molar-refractivity contribution in [3.63, 3.8) is 0 Å². The summed E-state index contributed by atoms with van der Waals surface area (Å²) in [5, 5.41) is 4.90. The number of rotatable bonds is 6. The number of hydrogen-bond donors (Lipinski definition) is 1. The maximum Gasteiger partial charge on any atom is 0.255 e. The highest BCUT2D eigenvalue weighted by molar-refractivity contribution is 7.98. The quantitative estimate of drug-likeness (QED) is 0.406. The maximum atomic E-state index is 13.4.